The van der Waals surface area contributed by atoms with Gasteiger partial charge in [0.25, 0.3) is 0 Å². The molecule has 72 valence electrons. The summed E-state index contributed by atoms with van der Waals surface area (Å²) in [6.07, 6.45) is 8.49. The van der Waals surface area contributed by atoms with E-state index in [1.54, 1.807) is 0 Å². The first-order valence-electron chi connectivity index (χ1n) is 5.27. The van der Waals surface area contributed by atoms with Gasteiger partial charge in [-0.1, -0.05) is 25.5 Å². The molecule has 0 aromatic rings. The first-order chi connectivity index (χ1) is 6.33. The normalized spacial score (nSPS) is 33.3. The Kier molecular flexibility index (Phi) is 2.38. The van der Waals surface area contributed by atoms with Gasteiger partial charge >= 0.3 is 0 Å². The fourth-order valence-electron chi connectivity index (χ4n) is 2.54. The van der Waals surface area contributed by atoms with Gasteiger partial charge in [-0.05, 0) is 18.8 Å². The number of nitrogens with zero attached hydrogens (tertiary/aromatic N) is 1. The lowest BCUT2D eigenvalue weighted by atomic mass is 9.83. The number of rotatable bonds is 1. The van der Waals surface area contributed by atoms with Crippen LogP contribution in [0, 0.1) is 5.92 Å². The molecule has 2 aliphatic heterocycles. The van der Waals surface area contributed by atoms with Crippen LogP contribution in [-0.2, 0) is 4.79 Å². The Balaban J connectivity index is 2.15. The van der Waals surface area contributed by atoms with Crippen LogP contribution in [0.15, 0.2) is 12.2 Å². The monoisotopic (exact) mass is 179 g/mol. The molecule has 0 saturated carbocycles. The summed E-state index contributed by atoms with van der Waals surface area (Å²) in [5.41, 5.74) is 0. The van der Waals surface area contributed by atoms with Gasteiger partial charge in [0.05, 0.1) is 0 Å². The van der Waals surface area contributed by atoms with Crippen molar-refractivity contribution >= 4 is 5.91 Å². The van der Waals surface area contributed by atoms with Gasteiger partial charge in [-0.15, -0.1) is 0 Å². The van der Waals surface area contributed by atoms with Crippen LogP contribution in [0.2, 0.25) is 0 Å². The lowest BCUT2D eigenvalue weighted by Crippen LogP contribution is -2.49. The molecule has 0 unspecified atom stereocenters. The van der Waals surface area contributed by atoms with Crippen molar-refractivity contribution in [3.8, 4) is 0 Å². The molecular weight excluding hydrogens is 162 g/mol. The van der Waals surface area contributed by atoms with E-state index in [0.29, 0.717) is 11.9 Å². The Labute approximate surface area is 79.6 Å². The largest absolute Gasteiger partial charge is 0.335 e. The smallest absolute Gasteiger partial charge is 0.223 e. The predicted octanol–water partition coefficient (Wildman–Crippen LogP) is 1.96. The van der Waals surface area contributed by atoms with Crippen LogP contribution >= 0.6 is 0 Å². The first-order valence-corrected chi connectivity index (χ1v) is 5.27. The van der Waals surface area contributed by atoms with Crippen molar-refractivity contribution in [2.24, 2.45) is 5.92 Å². The second kappa shape index (κ2) is 3.52. The highest BCUT2D eigenvalue weighted by Gasteiger charge is 2.34. The van der Waals surface area contributed by atoms with Crippen molar-refractivity contribution in [2.75, 3.05) is 6.54 Å². The fourth-order valence-corrected chi connectivity index (χ4v) is 2.54. The maximum Gasteiger partial charge on any atom is 0.223 e. The van der Waals surface area contributed by atoms with E-state index < -0.39 is 0 Å². The van der Waals surface area contributed by atoms with Gasteiger partial charge in [0.2, 0.25) is 5.91 Å². The summed E-state index contributed by atoms with van der Waals surface area (Å²) in [6.45, 7) is 3.08. The van der Waals surface area contributed by atoms with Crippen molar-refractivity contribution in [1.82, 2.24) is 4.90 Å². The minimum atomic E-state index is 0.360. The third kappa shape index (κ3) is 1.50. The topological polar surface area (TPSA) is 20.3 Å². The Morgan fingerprint density at radius 1 is 1.54 bits per heavy atom. The van der Waals surface area contributed by atoms with Gasteiger partial charge in [-0.25, -0.2) is 0 Å². The van der Waals surface area contributed by atoms with Crippen molar-refractivity contribution in [1.29, 1.82) is 0 Å². The summed E-state index contributed by atoms with van der Waals surface area (Å²) in [5.74, 6) is 1.10. The summed E-state index contributed by atoms with van der Waals surface area (Å²) in [6, 6.07) is 0.510. The molecule has 0 spiro atoms. The van der Waals surface area contributed by atoms with Crippen LogP contribution in [0.25, 0.3) is 0 Å². The molecule has 2 aliphatic rings. The highest BCUT2D eigenvalue weighted by molar-refractivity contribution is 5.77. The van der Waals surface area contributed by atoms with Gasteiger partial charge in [-0.2, -0.15) is 0 Å². The van der Waals surface area contributed by atoms with E-state index in [1.807, 2.05) is 0 Å². The van der Waals surface area contributed by atoms with Crippen molar-refractivity contribution in [2.45, 2.75) is 38.6 Å². The first kappa shape index (κ1) is 8.79. The summed E-state index contributed by atoms with van der Waals surface area (Å²) in [4.78, 5) is 13.6. The van der Waals surface area contributed by atoms with Crippen LogP contribution in [0.5, 0.6) is 0 Å². The molecule has 0 aliphatic carbocycles. The van der Waals surface area contributed by atoms with E-state index in [0.717, 1.165) is 31.7 Å². The molecule has 2 heteroatoms. The van der Waals surface area contributed by atoms with Crippen LogP contribution in [0.3, 0.4) is 0 Å². The van der Waals surface area contributed by atoms with E-state index in [9.17, 15) is 4.79 Å². The van der Waals surface area contributed by atoms with Crippen LogP contribution in [0.1, 0.15) is 32.6 Å². The van der Waals surface area contributed by atoms with E-state index in [-0.39, 0.29) is 0 Å². The molecule has 0 radical (unpaired) electrons. The molecular formula is C11H17NO. The summed E-state index contributed by atoms with van der Waals surface area (Å²) < 4.78 is 0. The second-order valence-corrected chi connectivity index (χ2v) is 4.03. The fraction of sp³-hybridized carbons (Fsp3) is 0.727. The molecule has 2 rings (SSSR count). The molecule has 2 heterocycles. The predicted molar refractivity (Wildman–Crippen MR) is 52.3 cm³/mol. The average molecular weight is 179 g/mol. The molecule has 13 heavy (non-hydrogen) atoms. The lowest BCUT2D eigenvalue weighted by Gasteiger charge is -2.42. The number of carbonyl (C=O) groups is 1. The zero-order valence-electron chi connectivity index (χ0n) is 8.20. The highest BCUT2D eigenvalue weighted by Crippen LogP contribution is 2.30. The molecule has 0 aromatic heterocycles. The molecule has 2 atom stereocenters. The highest BCUT2D eigenvalue weighted by atomic mass is 16.2. The zero-order valence-corrected chi connectivity index (χ0v) is 8.20. The third-order valence-electron chi connectivity index (χ3n) is 3.36. The Morgan fingerprint density at radius 2 is 2.38 bits per heavy atom. The second-order valence-electron chi connectivity index (χ2n) is 4.03. The lowest BCUT2D eigenvalue weighted by molar-refractivity contribution is -0.138. The van der Waals surface area contributed by atoms with E-state index in [4.69, 9.17) is 0 Å². The number of piperidine rings is 1. The van der Waals surface area contributed by atoms with Crippen LogP contribution in [0.4, 0.5) is 0 Å². The SMILES string of the molecule is CC[C@H]1CCC(=O)N2CC=CC[C@H]12. The summed E-state index contributed by atoms with van der Waals surface area (Å²) in [5, 5.41) is 0. The van der Waals surface area contributed by atoms with Gasteiger partial charge in [0.1, 0.15) is 0 Å². The number of hydrogen-bond acceptors (Lipinski definition) is 1. The molecule has 0 aromatic carbocycles. The average Bonchev–Trinajstić information content (AvgIpc) is 2.19. The quantitative estimate of drug-likeness (QED) is 0.563. The Morgan fingerprint density at radius 3 is 3.15 bits per heavy atom. The van der Waals surface area contributed by atoms with Crippen LogP contribution in [-0.4, -0.2) is 23.4 Å². The maximum absolute atomic E-state index is 11.6. The molecule has 0 N–H and O–H groups in total. The van der Waals surface area contributed by atoms with Gasteiger partial charge < -0.3 is 4.90 Å². The number of hydrogen-bond donors (Lipinski definition) is 0. The molecule has 0 bridgehead atoms. The number of amides is 1. The van der Waals surface area contributed by atoms with Crippen molar-refractivity contribution in [3.63, 3.8) is 0 Å². The van der Waals surface area contributed by atoms with E-state index in [2.05, 4.69) is 24.0 Å². The Bertz CT molecular complexity index is 234. The molecule has 1 amide bonds. The standard InChI is InChI=1S/C11H17NO/c1-2-9-6-7-11(13)12-8-4-3-5-10(9)12/h3-4,9-10H,2,5-8H2,1H3/t9-,10+/m0/s1. The molecule has 2 nitrogen and oxygen atoms in total. The molecule has 1 fully saturated rings. The third-order valence-corrected chi connectivity index (χ3v) is 3.36. The van der Waals surface area contributed by atoms with Gasteiger partial charge in [-0.3, -0.25) is 4.79 Å². The van der Waals surface area contributed by atoms with Gasteiger partial charge in [0, 0.05) is 19.0 Å². The summed E-state index contributed by atoms with van der Waals surface area (Å²) >= 11 is 0. The van der Waals surface area contributed by atoms with Crippen molar-refractivity contribution in [3.05, 3.63) is 12.2 Å². The van der Waals surface area contributed by atoms with E-state index >= 15 is 0 Å². The minimum Gasteiger partial charge on any atom is -0.335 e. The minimum absolute atomic E-state index is 0.360. The van der Waals surface area contributed by atoms with Crippen molar-refractivity contribution < 1.29 is 4.79 Å². The number of fused-ring (bicyclic) bond motifs is 1. The van der Waals surface area contributed by atoms with E-state index in [1.165, 1.54) is 6.42 Å². The van der Waals surface area contributed by atoms with Gasteiger partial charge in [0.15, 0.2) is 0 Å². The zero-order chi connectivity index (χ0) is 9.26. The van der Waals surface area contributed by atoms with Crippen LogP contribution < -0.4 is 0 Å². The number of carbonyl (C=O) groups excluding carboxylic acids is 1. The molecule has 1 saturated heterocycles. The summed E-state index contributed by atoms with van der Waals surface area (Å²) in [7, 11) is 0. The Hall–Kier alpha value is -0.790. The maximum atomic E-state index is 11.6.